The van der Waals surface area contributed by atoms with E-state index in [0.29, 0.717) is 33.7 Å². The zero-order valence-electron chi connectivity index (χ0n) is 12.6. The Morgan fingerprint density at radius 2 is 2.00 bits per heavy atom. The fourth-order valence-electron chi connectivity index (χ4n) is 2.86. The Bertz CT molecular complexity index is 519. The van der Waals surface area contributed by atoms with Crippen LogP contribution in [0.1, 0.15) is 37.7 Å². The summed E-state index contributed by atoms with van der Waals surface area (Å²) < 4.78 is 0. The van der Waals surface area contributed by atoms with Crippen LogP contribution < -0.4 is 10.6 Å². The number of aromatic hydroxyl groups is 1. The Hall–Kier alpha value is -1.04. The molecule has 4 N–H and O–H groups in total. The molecule has 0 aliphatic heterocycles. The Balaban J connectivity index is 1.92. The Labute approximate surface area is 141 Å². The molecular formula is C16H23ClN2O2S. The van der Waals surface area contributed by atoms with Crippen LogP contribution in [0.2, 0.25) is 5.02 Å². The minimum absolute atomic E-state index is 0.0439. The maximum atomic E-state index is 10.2. The number of anilines is 1. The van der Waals surface area contributed by atoms with Gasteiger partial charge in [0.1, 0.15) is 5.75 Å². The SMILES string of the molecule is OCCc1cc(Cl)cc(NC(=S)NCC2CCCCC2)c1O. The van der Waals surface area contributed by atoms with E-state index in [1.807, 2.05) is 0 Å². The molecule has 1 saturated carbocycles. The third-order valence-electron chi connectivity index (χ3n) is 4.06. The van der Waals surface area contributed by atoms with Crippen LogP contribution in [-0.2, 0) is 6.42 Å². The molecule has 2 rings (SSSR count). The lowest BCUT2D eigenvalue weighted by Gasteiger charge is -2.23. The highest BCUT2D eigenvalue weighted by Crippen LogP contribution is 2.32. The lowest BCUT2D eigenvalue weighted by atomic mass is 9.89. The van der Waals surface area contributed by atoms with Crippen LogP contribution in [0, 0.1) is 5.92 Å². The molecule has 22 heavy (non-hydrogen) atoms. The van der Waals surface area contributed by atoms with Crippen LogP contribution in [-0.4, -0.2) is 28.5 Å². The molecule has 0 bridgehead atoms. The third kappa shape index (κ3) is 5.00. The summed E-state index contributed by atoms with van der Waals surface area (Å²) in [6.07, 6.45) is 6.78. The zero-order valence-corrected chi connectivity index (χ0v) is 14.1. The van der Waals surface area contributed by atoms with Crippen LogP contribution in [0.3, 0.4) is 0 Å². The van der Waals surface area contributed by atoms with E-state index in [0.717, 1.165) is 6.54 Å². The monoisotopic (exact) mass is 342 g/mol. The van der Waals surface area contributed by atoms with E-state index < -0.39 is 0 Å². The van der Waals surface area contributed by atoms with Gasteiger partial charge >= 0.3 is 0 Å². The number of hydrogen-bond acceptors (Lipinski definition) is 3. The number of aliphatic hydroxyl groups excluding tert-OH is 1. The average Bonchev–Trinajstić information content (AvgIpc) is 2.51. The molecule has 4 nitrogen and oxygen atoms in total. The maximum absolute atomic E-state index is 10.2. The number of thiocarbonyl (C=S) groups is 1. The molecule has 0 unspecified atom stereocenters. The van der Waals surface area contributed by atoms with Gasteiger partial charge in [0.05, 0.1) is 5.69 Å². The first-order valence-corrected chi connectivity index (χ1v) is 8.56. The van der Waals surface area contributed by atoms with Crippen molar-refractivity contribution in [2.75, 3.05) is 18.5 Å². The Kier molecular flexibility index (Phi) is 6.73. The second-order valence-corrected chi connectivity index (χ2v) is 6.62. The fraction of sp³-hybridized carbons (Fsp3) is 0.562. The highest BCUT2D eigenvalue weighted by atomic mass is 35.5. The Morgan fingerprint density at radius 3 is 2.68 bits per heavy atom. The topological polar surface area (TPSA) is 64.5 Å². The molecule has 1 aliphatic carbocycles. The molecule has 0 atom stereocenters. The van der Waals surface area contributed by atoms with Gasteiger partial charge in [0.25, 0.3) is 0 Å². The molecule has 0 heterocycles. The van der Waals surface area contributed by atoms with E-state index in [1.165, 1.54) is 32.1 Å². The minimum atomic E-state index is -0.0439. The second kappa shape index (κ2) is 8.56. The number of rotatable bonds is 5. The first kappa shape index (κ1) is 17.3. The Morgan fingerprint density at radius 1 is 1.27 bits per heavy atom. The zero-order chi connectivity index (χ0) is 15.9. The van der Waals surface area contributed by atoms with Crippen molar-refractivity contribution in [3.05, 3.63) is 22.7 Å². The van der Waals surface area contributed by atoms with E-state index in [1.54, 1.807) is 12.1 Å². The third-order valence-corrected chi connectivity index (χ3v) is 4.52. The highest BCUT2D eigenvalue weighted by molar-refractivity contribution is 7.80. The van der Waals surface area contributed by atoms with Crippen LogP contribution >= 0.6 is 23.8 Å². The number of nitrogens with one attached hydrogen (secondary N) is 2. The van der Waals surface area contributed by atoms with E-state index in [-0.39, 0.29) is 12.4 Å². The smallest absolute Gasteiger partial charge is 0.170 e. The molecule has 1 aromatic carbocycles. The van der Waals surface area contributed by atoms with Crippen molar-refractivity contribution >= 4 is 34.6 Å². The number of phenolic OH excluding ortho intramolecular Hbond substituents is 1. The van der Waals surface area contributed by atoms with Gasteiger partial charge in [-0.15, -0.1) is 0 Å². The van der Waals surface area contributed by atoms with E-state index in [9.17, 15) is 5.11 Å². The summed E-state index contributed by atoms with van der Waals surface area (Å²) in [6.45, 7) is 0.814. The molecule has 0 radical (unpaired) electrons. The number of aliphatic hydroxyl groups is 1. The average molecular weight is 343 g/mol. The van der Waals surface area contributed by atoms with Crippen molar-refractivity contribution in [2.24, 2.45) is 5.92 Å². The number of benzene rings is 1. The van der Waals surface area contributed by atoms with Crippen molar-refractivity contribution in [3.63, 3.8) is 0 Å². The van der Waals surface area contributed by atoms with Crippen molar-refractivity contribution < 1.29 is 10.2 Å². The quantitative estimate of drug-likeness (QED) is 0.487. The predicted molar refractivity (Wildman–Crippen MR) is 94.7 cm³/mol. The molecule has 0 spiro atoms. The van der Waals surface area contributed by atoms with E-state index in [4.69, 9.17) is 28.9 Å². The summed E-state index contributed by atoms with van der Waals surface area (Å²) >= 11 is 11.3. The van der Waals surface area contributed by atoms with E-state index in [2.05, 4.69) is 10.6 Å². The number of halogens is 1. The molecule has 0 saturated heterocycles. The molecular weight excluding hydrogens is 320 g/mol. The minimum Gasteiger partial charge on any atom is -0.505 e. The molecule has 0 amide bonds. The van der Waals surface area contributed by atoms with Gasteiger partial charge < -0.3 is 20.8 Å². The summed E-state index contributed by atoms with van der Waals surface area (Å²) in [7, 11) is 0. The lowest BCUT2D eigenvalue weighted by molar-refractivity contribution is 0.297. The molecule has 1 aliphatic rings. The summed E-state index contributed by atoms with van der Waals surface area (Å²) in [5, 5.41) is 26.4. The summed E-state index contributed by atoms with van der Waals surface area (Å²) in [5.74, 6) is 0.756. The van der Waals surface area contributed by atoms with Gasteiger partial charge in [0, 0.05) is 18.2 Å². The van der Waals surface area contributed by atoms with Gasteiger partial charge in [-0.3, -0.25) is 0 Å². The van der Waals surface area contributed by atoms with Gasteiger partial charge in [0.2, 0.25) is 0 Å². The van der Waals surface area contributed by atoms with Crippen molar-refractivity contribution in [1.82, 2.24) is 5.32 Å². The summed E-state index contributed by atoms with van der Waals surface area (Å²) in [6, 6.07) is 3.28. The van der Waals surface area contributed by atoms with Crippen LogP contribution in [0.5, 0.6) is 5.75 Å². The molecule has 0 aromatic heterocycles. The summed E-state index contributed by atoms with van der Waals surface area (Å²) in [4.78, 5) is 0. The maximum Gasteiger partial charge on any atom is 0.170 e. The number of phenols is 1. The molecule has 122 valence electrons. The number of hydrogen-bond donors (Lipinski definition) is 4. The van der Waals surface area contributed by atoms with Crippen LogP contribution in [0.25, 0.3) is 0 Å². The molecule has 1 aromatic rings. The fourth-order valence-corrected chi connectivity index (χ4v) is 3.29. The molecule has 1 fully saturated rings. The highest BCUT2D eigenvalue weighted by Gasteiger charge is 2.14. The largest absolute Gasteiger partial charge is 0.505 e. The van der Waals surface area contributed by atoms with Gasteiger partial charge in [0.15, 0.2) is 5.11 Å². The first-order chi connectivity index (χ1) is 10.6. The van der Waals surface area contributed by atoms with Gasteiger partial charge in [-0.2, -0.15) is 0 Å². The first-order valence-electron chi connectivity index (χ1n) is 7.77. The van der Waals surface area contributed by atoms with Crippen molar-refractivity contribution in [2.45, 2.75) is 38.5 Å². The lowest BCUT2D eigenvalue weighted by Crippen LogP contribution is -2.33. The van der Waals surface area contributed by atoms with Gasteiger partial charge in [-0.1, -0.05) is 30.9 Å². The van der Waals surface area contributed by atoms with Crippen molar-refractivity contribution in [1.29, 1.82) is 0 Å². The summed E-state index contributed by atoms with van der Waals surface area (Å²) in [5.41, 5.74) is 1.07. The predicted octanol–water partition coefficient (Wildman–Crippen LogP) is 3.45. The van der Waals surface area contributed by atoms with Crippen LogP contribution in [0.4, 0.5) is 5.69 Å². The van der Waals surface area contributed by atoms with Crippen molar-refractivity contribution in [3.8, 4) is 5.75 Å². The van der Waals surface area contributed by atoms with Crippen LogP contribution in [0.15, 0.2) is 12.1 Å². The second-order valence-electron chi connectivity index (χ2n) is 5.77. The van der Waals surface area contributed by atoms with Gasteiger partial charge in [-0.05, 0) is 55.1 Å². The molecule has 6 heteroatoms. The van der Waals surface area contributed by atoms with E-state index >= 15 is 0 Å². The standard InChI is InChI=1S/C16H23ClN2O2S/c17-13-8-12(6-7-20)15(21)14(9-13)19-16(22)18-10-11-4-2-1-3-5-11/h8-9,11,20-21H,1-7,10H2,(H2,18,19,22). The van der Waals surface area contributed by atoms with Gasteiger partial charge in [-0.25, -0.2) is 0 Å². The normalized spacial score (nSPS) is 15.5.